The number of fused-ring (bicyclic) bond motifs is 16. The van der Waals surface area contributed by atoms with Gasteiger partial charge in [0.15, 0.2) is 5.58 Å². The van der Waals surface area contributed by atoms with E-state index in [9.17, 15) is 0 Å². The van der Waals surface area contributed by atoms with Gasteiger partial charge < -0.3 is 8.98 Å². The summed E-state index contributed by atoms with van der Waals surface area (Å²) in [5.74, 6) is 0. The lowest BCUT2D eigenvalue weighted by Crippen LogP contribution is -1.96. The molecule has 0 bridgehead atoms. The standard InChI is InChI=1S/C40H23NO/c1-3-15-27-24(12-1)25-13-2-4-16-28(25)37-36(27)29-17-5-6-18-30(29)39-38(37)32-19-7-9-21-33(32)41(39)34-22-11-20-31-26-14-8-10-23-35(26)42-40(31)34/h1-23H. The largest absolute Gasteiger partial charge is 0.454 e. The molecule has 2 heterocycles. The summed E-state index contributed by atoms with van der Waals surface area (Å²) in [7, 11) is 0. The van der Waals surface area contributed by atoms with Crippen LogP contribution < -0.4 is 0 Å². The minimum atomic E-state index is 0.911. The van der Waals surface area contributed by atoms with Crippen LogP contribution in [0.5, 0.6) is 0 Å². The lowest BCUT2D eigenvalue weighted by molar-refractivity contribution is 0.666. The number of aromatic nitrogens is 1. The maximum Gasteiger partial charge on any atom is 0.159 e. The number of hydrogen-bond acceptors (Lipinski definition) is 1. The van der Waals surface area contributed by atoms with Crippen LogP contribution in [0, 0.1) is 0 Å². The van der Waals surface area contributed by atoms with Gasteiger partial charge in [-0.3, -0.25) is 0 Å². The van der Waals surface area contributed by atoms with E-state index in [1.807, 2.05) is 6.07 Å². The van der Waals surface area contributed by atoms with Gasteiger partial charge >= 0.3 is 0 Å². The van der Waals surface area contributed by atoms with Crippen molar-refractivity contribution in [3.63, 3.8) is 0 Å². The van der Waals surface area contributed by atoms with Crippen molar-refractivity contribution in [2.24, 2.45) is 0 Å². The summed E-state index contributed by atoms with van der Waals surface area (Å²) in [6.07, 6.45) is 0. The molecule has 0 saturated heterocycles. The Hall–Kier alpha value is -5.60. The van der Waals surface area contributed by atoms with Crippen LogP contribution in [0.15, 0.2) is 144 Å². The van der Waals surface area contributed by atoms with Crippen LogP contribution in [-0.2, 0) is 0 Å². The van der Waals surface area contributed by atoms with Crippen molar-refractivity contribution in [2.45, 2.75) is 0 Å². The first-order valence-electron chi connectivity index (χ1n) is 14.5. The average molecular weight is 534 g/mol. The van der Waals surface area contributed by atoms with E-state index in [0.29, 0.717) is 0 Å². The first-order valence-corrected chi connectivity index (χ1v) is 14.5. The van der Waals surface area contributed by atoms with E-state index >= 15 is 0 Å². The third-order valence-corrected chi connectivity index (χ3v) is 9.13. The Morgan fingerprint density at radius 3 is 1.62 bits per heavy atom. The minimum Gasteiger partial charge on any atom is -0.454 e. The molecular formula is C40H23NO. The monoisotopic (exact) mass is 533 g/mol. The molecule has 0 saturated carbocycles. The number of benzene rings is 8. The Kier molecular flexibility index (Phi) is 4.21. The molecular weight excluding hydrogens is 510 g/mol. The number of rotatable bonds is 1. The molecule has 0 aliphatic carbocycles. The molecule has 2 nitrogen and oxygen atoms in total. The van der Waals surface area contributed by atoms with Gasteiger partial charge in [0.2, 0.25) is 0 Å². The maximum absolute atomic E-state index is 6.61. The second kappa shape index (κ2) is 7.99. The molecule has 0 radical (unpaired) electrons. The van der Waals surface area contributed by atoms with E-state index < -0.39 is 0 Å². The third kappa shape index (κ3) is 2.69. The highest BCUT2D eigenvalue weighted by Crippen LogP contribution is 2.48. The van der Waals surface area contributed by atoms with Crippen LogP contribution in [-0.4, -0.2) is 4.57 Å². The van der Waals surface area contributed by atoms with Gasteiger partial charge in [0.05, 0.1) is 16.7 Å². The molecule has 194 valence electrons. The fourth-order valence-corrected chi connectivity index (χ4v) is 7.49. The summed E-state index contributed by atoms with van der Waals surface area (Å²) in [5.41, 5.74) is 5.27. The van der Waals surface area contributed by atoms with Crippen molar-refractivity contribution in [1.29, 1.82) is 0 Å². The molecule has 0 spiro atoms. The van der Waals surface area contributed by atoms with Gasteiger partial charge in [-0.05, 0) is 50.5 Å². The van der Waals surface area contributed by atoms with E-state index in [1.54, 1.807) is 0 Å². The van der Waals surface area contributed by atoms with Crippen molar-refractivity contribution in [3.8, 4) is 5.69 Å². The van der Waals surface area contributed by atoms with Gasteiger partial charge in [-0.15, -0.1) is 0 Å². The predicted molar refractivity (Wildman–Crippen MR) is 178 cm³/mol. The van der Waals surface area contributed by atoms with Crippen LogP contribution >= 0.6 is 0 Å². The van der Waals surface area contributed by atoms with Crippen molar-refractivity contribution in [1.82, 2.24) is 4.57 Å². The lowest BCUT2D eigenvalue weighted by Gasteiger charge is -2.16. The smallest absolute Gasteiger partial charge is 0.159 e. The van der Waals surface area contributed by atoms with Gasteiger partial charge in [0.1, 0.15) is 5.58 Å². The number of furan rings is 1. The molecule has 10 aromatic rings. The van der Waals surface area contributed by atoms with Crippen LogP contribution in [0.1, 0.15) is 0 Å². The molecule has 0 aliphatic heterocycles. The minimum absolute atomic E-state index is 0.911. The number of hydrogen-bond donors (Lipinski definition) is 0. The second-order valence-electron chi connectivity index (χ2n) is 11.2. The third-order valence-electron chi connectivity index (χ3n) is 9.13. The first-order chi connectivity index (χ1) is 20.9. The Morgan fingerprint density at radius 1 is 0.357 bits per heavy atom. The number of nitrogens with zero attached hydrogens (tertiary/aromatic N) is 1. The molecule has 0 aliphatic rings. The first kappa shape index (κ1) is 22.1. The highest BCUT2D eigenvalue weighted by molar-refractivity contribution is 6.42. The van der Waals surface area contributed by atoms with Crippen LogP contribution in [0.3, 0.4) is 0 Å². The molecule has 0 atom stereocenters. The lowest BCUT2D eigenvalue weighted by atomic mass is 9.88. The zero-order valence-electron chi connectivity index (χ0n) is 22.6. The zero-order valence-corrected chi connectivity index (χ0v) is 22.6. The Morgan fingerprint density at radius 2 is 0.881 bits per heavy atom. The van der Waals surface area contributed by atoms with Gasteiger partial charge in [-0.25, -0.2) is 0 Å². The zero-order chi connectivity index (χ0) is 27.4. The van der Waals surface area contributed by atoms with Gasteiger partial charge in [0.25, 0.3) is 0 Å². The predicted octanol–water partition coefficient (Wildman–Crippen LogP) is 11.3. The summed E-state index contributed by atoms with van der Waals surface area (Å²) in [4.78, 5) is 0. The summed E-state index contributed by atoms with van der Waals surface area (Å²) < 4.78 is 9.06. The highest BCUT2D eigenvalue weighted by atomic mass is 16.3. The number of para-hydroxylation sites is 3. The SMILES string of the molecule is c1ccc2c(c1)oc1c(-n3c4ccccc4c4c5c6ccccc6c6ccccc6c5c5ccccc5c43)cccc12. The average Bonchev–Trinajstić information content (AvgIpc) is 3.61. The Labute approximate surface area is 240 Å². The fourth-order valence-electron chi connectivity index (χ4n) is 7.49. The molecule has 0 unspecified atom stereocenters. The van der Waals surface area contributed by atoms with Crippen molar-refractivity contribution < 1.29 is 4.42 Å². The van der Waals surface area contributed by atoms with Gasteiger partial charge in [-0.1, -0.05) is 121 Å². The van der Waals surface area contributed by atoms with E-state index in [0.717, 1.165) is 27.6 Å². The summed E-state index contributed by atoms with van der Waals surface area (Å²) >= 11 is 0. The second-order valence-corrected chi connectivity index (χ2v) is 11.2. The van der Waals surface area contributed by atoms with E-state index in [4.69, 9.17) is 4.42 Å². The van der Waals surface area contributed by atoms with Crippen molar-refractivity contribution in [2.75, 3.05) is 0 Å². The molecule has 2 heteroatoms. The van der Waals surface area contributed by atoms with Crippen LogP contribution in [0.2, 0.25) is 0 Å². The molecule has 42 heavy (non-hydrogen) atoms. The van der Waals surface area contributed by atoms with Crippen LogP contribution in [0.4, 0.5) is 0 Å². The molecule has 8 aromatic carbocycles. The Bertz CT molecular complexity index is 2740. The van der Waals surface area contributed by atoms with Crippen LogP contribution in [0.25, 0.3) is 92.5 Å². The topological polar surface area (TPSA) is 18.1 Å². The molecule has 0 fully saturated rings. The Balaban J connectivity index is 1.55. The summed E-state index contributed by atoms with van der Waals surface area (Å²) in [6, 6.07) is 50.4. The molecule has 0 N–H and O–H groups in total. The quantitative estimate of drug-likeness (QED) is 0.192. The highest BCUT2D eigenvalue weighted by Gasteiger charge is 2.23. The molecule has 0 amide bonds. The molecule has 10 rings (SSSR count). The summed E-state index contributed by atoms with van der Waals surface area (Å²) in [6.45, 7) is 0. The molecule has 2 aromatic heterocycles. The van der Waals surface area contributed by atoms with Gasteiger partial charge in [-0.2, -0.15) is 0 Å². The van der Waals surface area contributed by atoms with Crippen molar-refractivity contribution in [3.05, 3.63) is 140 Å². The maximum atomic E-state index is 6.61. The van der Waals surface area contributed by atoms with E-state index in [-0.39, 0.29) is 0 Å². The van der Waals surface area contributed by atoms with Crippen molar-refractivity contribution >= 4 is 86.8 Å². The van der Waals surface area contributed by atoms with E-state index in [1.165, 1.54) is 64.9 Å². The normalized spacial score (nSPS) is 12.3. The summed E-state index contributed by atoms with van der Waals surface area (Å²) in [5, 5.41) is 15.1. The fraction of sp³-hybridized carbons (Fsp3) is 0. The van der Waals surface area contributed by atoms with E-state index in [2.05, 4.69) is 138 Å². The van der Waals surface area contributed by atoms with Gasteiger partial charge in [0, 0.05) is 32.3 Å².